The van der Waals surface area contributed by atoms with Crippen molar-refractivity contribution < 1.29 is 18.3 Å². The van der Waals surface area contributed by atoms with E-state index in [9.17, 15) is 0 Å². The highest BCUT2D eigenvalue weighted by atomic mass is 16.5. The zero-order valence-electron chi connectivity index (χ0n) is 32.2. The minimum absolute atomic E-state index is 0.146. The summed E-state index contributed by atoms with van der Waals surface area (Å²) in [6, 6.07) is 61.2. The summed E-state index contributed by atoms with van der Waals surface area (Å²) >= 11 is 0. The van der Waals surface area contributed by atoms with Crippen LogP contribution in [0.15, 0.2) is 191 Å². The maximum atomic E-state index is 6.49. The molecule has 0 fully saturated rings. The molecule has 4 heterocycles. The third kappa shape index (κ3) is 5.01. The lowest BCUT2D eigenvalue weighted by Gasteiger charge is -2.32. The fourth-order valence-corrected chi connectivity index (χ4v) is 9.47. The van der Waals surface area contributed by atoms with Gasteiger partial charge in [0, 0.05) is 39.0 Å². The molecule has 2 aliphatic heterocycles. The van der Waals surface area contributed by atoms with E-state index in [4.69, 9.17) is 18.3 Å². The zero-order valence-corrected chi connectivity index (χ0v) is 32.2. The zero-order chi connectivity index (χ0) is 39.3. The van der Waals surface area contributed by atoms with Gasteiger partial charge >= 0.3 is 0 Å². The van der Waals surface area contributed by atoms with Gasteiger partial charge in [-0.1, -0.05) is 84.9 Å². The van der Waals surface area contributed by atoms with Gasteiger partial charge < -0.3 is 28.1 Å². The van der Waals surface area contributed by atoms with Crippen molar-refractivity contribution in [3.63, 3.8) is 0 Å². The number of hydrogen-bond acceptors (Lipinski definition) is 6. The van der Waals surface area contributed by atoms with Crippen LogP contribution in [-0.2, 0) is 6.42 Å². The van der Waals surface area contributed by atoms with E-state index in [1.165, 1.54) is 16.7 Å². The van der Waals surface area contributed by atoms with E-state index in [1.807, 2.05) is 48.5 Å². The van der Waals surface area contributed by atoms with Crippen molar-refractivity contribution in [2.75, 3.05) is 9.80 Å². The Hall–Kier alpha value is -7.96. The number of ether oxygens (including phenoxy) is 2. The summed E-state index contributed by atoms with van der Waals surface area (Å²) in [5, 5.41) is 3.27. The summed E-state index contributed by atoms with van der Waals surface area (Å²) in [6.07, 6.45) is 5.28. The molecule has 284 valence electrons. The summed E-state index contributed by atoms with van der Waals surface area (Å²) in [7, 11) is 0. The Morgan fingerprint density at radius 3 is 1.52 bits per heavy atom. The first-order valence-electron chi connectivity index (χ1n) is 20.3. The topological polar surface area (TPSA) is 51.2 Å². The quantitative estimate of drug-likeness (QED) is 0.177. The monoisotopic (exact) mass is 774 g/mol. The van der Waals surface area contributed by atoms with Gasteiger partial charge in [0.1, 0.15) is 22.5 Å². The molecule has 0 N–H and O–H groups in total. The van der Waals surface area contributed by atoms with Gasteiger partial charge in [-0.15, -0.1) is 0 Å². The van der Waals surface area contributed by atoms with Crippen molar-refractivity contribution in [1.29, 1.82) is 0 Å². The van der Waals surface area contributed by atoms with Crippen LogP contribution in [0.2, 0.25) is 0 Å². The normalized spacial score (nSPS) is 14.9. The van der Waals surface area contributed by atoms with Crippen LogP contribution in [0.4, 0.5) is 34.1 Å². The molecule has 0 radical (unpaired) electrons. The second-order valence-electron chi connectivity index (χ2n) is 15.6. The number of fused-ring (bicyclic) bond motifs is 10. The van der Waals surface area contributed by atoms with Gasteiger partial charge in [-0.2, -0.15) is 0 Å². The fraction of sp³-hybridized carbons (Fsp3) is 0.0370. The Morgan fingerprint density at radius 2 is 0.917 bits per heavy atom. The molecule has 13 rings (SSSR count). The van der Waals surface area contributed by atoms with E-state index in [0.717, 1.165) is 108 Å². The van der Waals surface area contributed by atoms with Crippen LogP contribution in [0, 0.1) is 0 Å². The molecule has 0 amide bonds. The van der Waals surface area contributed by atoms with Crippen LogP contribution < -0.4 is 19.3 Å². The lowest BCUT2D eigenvalue weighted by Crippen LogP contribution is -2.15. The second kappa shape index (κ2) is 12.8. The first-order valence-corrected chi connectivity index (χ1v) is 20.3. The molecule has 1 aliphatic carbocycles. The summed E-state index contributed by atoms with van der Waals surface area (Å²) in [5.74, 6) is 4.39. The van der Waals surface area contributed by atoms with Crippen molar-refractivity contribution in [1.82, 2.24) is 0 Å². The molecule has 3 aliphatic rings. The number of hydrogen-bond donors (Lipinski definition) is 0. The van der Waals surface area contributed by atoms with Gasteiger partial charge in [-0.3, -0.25) is 0 Å². The average Bonchev–Trinajstić information content (AvgIpc) is 3.86. The van der Waals surface area contributed by atoms with Crippen molar-refractivity contribution in [3.05, 3.63) is 199 Å². The minimum atomic E-state index is 0.146. The van der Waals surface area contributed by atoms with E-state index in [1.54, 1.807) is 0 Å². The predicted octanol–water partition coefficient (Wildman–Crippen LogP) is 15.5. The van der Waals surface area contributed by atoms with Crippen LogP contribution in [0.25, 0.3) is 50.1 Å². The van der Waals surface area contributed by atoms with E-state index in [2.05, 4.69) is 149 Å². The van der Waals surface area contributed by atoms with Crippen molar-refractivity contribution in [2.24, 2.45) is 0 Å². The lowest BCUT2D eigenvalue weighted by molar-refractivity contribution is 0.477. The Balaban J connectivity index is 0.878. The van der Waals surface area contributed by atoms with E-state index in [-0.39, 0.29) is 5.92 Å². The predicted molar refractivity (Wildman–Crippen MR) is 240 cm³/mol. The molecule has 1 unspecified atom stereocenters. The van der Waals surface area contributed by atoms with Crippen molar-refractivity contribution in [2.45, 2.75) is 12.3 Å². The summed E-state index contributed by atoms with van der Waals surface area (Å²) in [4.78, 5) is 4.56. The largest absolute Gasteiger partial charge is 0.456 e. The first-order chi connectivity index (χ1) is 29.7. The van der Waals surface area contributed by atoms with Gasteiger partial charge in [0.05, 0.1) is 22.7 Å². The molecular weight excluding hydrogens is 741 g/mol. The summed E-state index contributed by atoms with van der Waals surface area (Å²) < 4.78 is 25.6. The maximum absolute atomic E-state index is 6.49. The SMILES string of the molecule is C1=CC(c2ccccc2-c2ccc3oc4ccc(N5c6ccccc6Oc6ccccc65)cc4c3c2)Cc2c1oc1ccc(N3c4ccccc4Oc4ccccc43)cc21. The van der Waals surface area contributed by atoms with Gasteiger partial charge in [-0.25, -0.2) is 0 Å². The Kier molecular flexibility index (Phi) is 7.04. The Morgan fingerprint density at radius 1 is 0.433 bits per heavy atom. The number of allylic oxidation sites excluding steroid dienone is 1. The van der Waals surface area contributed by atoms with Crippen LogP contribution >= 0.6 is 0 Å². The standard InChI is InChI=1S/C54H34N2O4/c1-2-12-38(34-22-26-48-40(30-34)42-32-36(24-28-50(42)58-48)56-45-15-5-9-19-53(45)60-54-20-10-6-16-46(54)56)37(11-1)33-21-25-47-39(29-33)41-31-35(23-27-49(41)57-47)55-43-13-3-7-17-51(43)59-52-18-8-4-14-44(52)55/h1-29,31-32,34H,30H2. The molecule has 8 aromatic carbocycles. The molecule has 0 saturated heterocycles. The number of para-hydroxylation sites is 8. The van der Waals surface area contributed by atoms with E-state index < -0.39 is 0 Å². The molecule has 10 aromatic rings. The van der Waals surface area contributed by atoms with Crippen molar-refractivity contribution >= 4 is 73.1 Å². The highest BCUT2D eigenvalue weighted by molar-refractivity contribution is 6.08. The molecule has 6 heteroatoms. The molecule has 2 aromatic heterocycles. The van der Waals surface area contributed by atoms with Crippen LogP contribution in [0.3, 0.4) is 0 Å². The molecule has 0 bridgehead atoms. The fourth-order valence-electron chi connectivity index (χ4n) is 9.47. The van der Waals surface area contributed by atoms with E-state index in [0.29, 0.717) is 0 Å². The molecule has 0 spiro atoms. The van der Waals surface area contributed by atoms with E-state index >= 15 is 0 Å². The number of nitrogens with zero attached hydrogens (tertiary/aromatic N) is 2. The number of benzene rings is 8. The Labute approximate surface area is 345 Å². The second-order valence-corrected chi connectivity index (χ2v) is 15.6. The molecular formula is C54H34N2O4. The molecule has 1 atom stereocenters. The number of rotatable bonds is 4. The van der Waals surface area contributed by atoms with Crippen LogP contribution in [-0.4, -0.2) is 0 Å². The lowest BCUT2D eigenvalue weighted by atomic mass is 9.83. The van der Waals surface area contributed by atoms with Gasteiger partial charge in [-0.05, 0) is 126 Å². The van der Waals surface area contributed by atoms with Crippen molar-refractivity contribution in [3.8, 4) is 34.1 Å². The highest BCUT2D eigenvalue weighted by Gasteiger charge is 2.29. The summed E-state index contributed by atoms with van der Waals surface area (Å²) in [5.41, 5.74) is 13.6. The Bertz CT molecular complexity index is 3320. The smallest absolute Gasteiger partial charge is 0.151 e. The minimum Gasteiger partial charge on any atom is -0.456 e. The third-order valence-corrected chi connectivity index (χ3v) is 12.2. The number of furan rings is 2. The van der Waals surface area contributed by atoms with Crippen LogP contribution in [0.1, 0.15) is 22.8 Å². The van der Waals surface area contributed by atoms with Gasteiger partial charge in [0.25, 0.3) is 0 Å². The molecule has 0 saturated carbocycles. The van der Waals surface area contributed by atoms with Crippen LogP contribution in [0.5, 0.6) is 23.0 Å². The van der Waals surface area contributed by atoms with Gasteiger partial charge in [0.2, 0.25) is 0 Å². The average molecular weight is 775 g/mol. The third-order valence-electron chi connectivity index (χ3n) is 12.2. The summed E-state index contributed by atoms with van der Waals surface area (Å²) in [6.45, 7) is 0. The highest BCUT2D eigenvalue weighted by Crippen LogP contribution is 2.53. The maximum Gasteiger partial charge on any atom is 0.151 e. The first kappa shape index (κ1) is 33.1. The van der Waals surface area contributed by atoms with Gasteiger partial charge in [0.15, 0.2) is 23.0 Å². The molecule has 6 nitrogen and oxygen atoms in total. The molecule has 60 heavy (non-hydrogen) atoms. The number of anilines is 6.